The molecule has 0 aromatic heterocycles. The van der Waals surface area contributed by atoms with Crippen LogP contribution in [0.3, 0.4) is 0 Å². The van der Waals surface area contributed by atoms with E-state index in [-0.39, 0.29) is 11.9 Å². The molecule has 1 amide bonds. The van der Waals surface area contributed by atoms with Crippen molar-refractivity contribution in [3.8, 4) is 0 Å². The molecule has 0 aliphatic carbocycles. The Labute approximate surface area is 112 Å². The lowest BCUT2D eigenvalue weighted by Gasteiger charge is -2.45. The van der Waals surface area contributed by atoms with Crippen LogP contribution in [-0.2, 0) is 9.59 Å². The molecule has 0 aromatic carbocycles. The lowest BCUT2D eigenvalue weighted by Crippen LogP contribution is -2.59. The monoisotopic (exact) mass is 329 g/mol. The smallest absolute Gasteiger partial charge is 0.324 e. The maximum atomic E-state index is 12.5. The normalized spacial score (nSPS) is 23.9. The zero-order valence-electron chi connectivity index (χ0n) is 10.2. The number of hydrogen-bond acceptors (Lipinski definition) is 2. The number of ketones is 1. The molecule has 1 atom stereocenters. The van der Waals surface area contributed by atoms with Gasteiger partial charge in [0.25, 0.3) is 0 Å². The lowest BCUT2D eigenvalue weighted by atomic mass is 9.74. The van der Waals surface area contributed by atoms with E-state index >= 15 is 0 Å². The van der Waals surface area contributed by atoms with Gasteiger partial charge in [-0.25, -0.2) is 0 Å². The first kappa shape index (κ1) is 15.5. The summed E-state index contributed by atoms with van der Waals surface area (Å²) >= 11 is 2.96. The highest BCUT2D eigenvalue weighted by Gasteiger charge is 2.51. The molecule has 0 saturated carbocycles. The Morgan fingerprint density at radius 1 is 1.39 bits per heavy atom. The summed E-state index contributed by atoms with van der Waals surface area (Å²) < 4.78 is 37.5. The third-order valence-electron chi connectivity index (χ3n) is 3.21. The molecular formula is C11H15BrF3NO2. The fraction of sp³-hybridized carbons (Fsp3) is 0.818. The van der Waals surface area contributed by atoms with Crippen LogP contribution in [0.1, 0.15) is 26.7 Å². The van der Waals surface area contributed by atoms with Gasteiger partial charge in [0.2, 0.25) is 0 Å². The molecule has 0 aromatic rings. The minimum absolute atomic E-state index is 0.0226. The molecule has 7 heteroatoms. The number of halogens is 4. The Morgan fingerprint density at radius 2 is 1.94 bits per heavy atom. The van der Waals surface area contributed by atoms with E-state index in [2.05, 4.69) is 15.9 Å². The van der Waals surface area contributed by atoms with Crippen molar-refractivity contribution in [1.82, 2.24) is 4.90 Å². The number of Topliss-reactive ketones (excluding diaryl/α,β-unsaturated/α-hetero) is 1. The van der Waals surface area contributed by atoms with E-state index in [0.29, 0.717) is 17.7 Å². The van der Waals surface area contributed by atoms with E-state index in [1.807, 2.05) is 0 Å². The van der Waals surface area contributed by atoms with Crippen LogP contribution in [-0.4, -0.2) is 40.7 Å². The van der Waals surface area contributed by atoms with Crippen LogP contribution in [0.4, 0.5) is 13.2 Å². The molecular weight excluding hydrogens is 315 g/mol. The second-order valence-corrected chi connectivity index (χ2v) is 5.65. The van der Waals surface area contributed by atoms with Crippen LogP contribution in [0, 0.1) is 5.41 Å². The molecule has 1 unspecified atom stereocenters. The number of likely N-dealkylation sites (tertiary alicyclic amines) is 1. The van der Waals surface area contributed by atoms with Gasteiger partial charge in [0.15, 0.2) is 5.78 Å². The number of carbonyl (C=O) groups is 2. The Kier molecular flexibility index (Phi) is 4.46. The Balaban J connectivity index is 3.08. The minimum Gasteiger partial charge on any atom is -0.324 e. The molecule has 1 saturated heterocycles. The second kappa shape index (κ2) is 5.19. The van der Waals surface area contributed by atoms with Crippen molar-refractivity contribution < 1.29 is 22.8 Å². The molecule has 1 fully saturated rings. The van der Waals surface area contributed by atoms with Crippen molar-refractivity contribution >= 4 is 27.6 Å². The van der Waals surface area contributed by atoms with Crippen LogP contribution in [0.25, 0.3) is 0 Å². The summed E-state index contributed by atoms with van der Waals surface area (Å²) in [5, 5.41) is -0.0528. The van der Waals surface area contributed by atoms with Gasteiger partial charge in [-0.15, -0.1) is 0 Å². The number of nitrogens with zero attached hydrogens (tertiary/aromatic N) is 1. The Bertz CT molecular complexity index is 355. The average Bonchev–Trinajstić information content (AvgIpc) is 2.24. The quantitative estimate of drug-likeness (QED) is 0.730. The summed E-state index contributed by atoms with van der Waals surface area (Å²) in [5.74, 6) is -2.31. The first-order chi connectivity index (χ1) is 8.11. The van der Waals surface area contributed by atoms with E-state index in [0.717, 1.165) is 0 Å². The first-order valence-corrected chi connectivity index (χ1v) is 6.70. The van der Waals surface area contributed by atoms with Crippen molar-refractivity contribution in [3.63, 3.8) is 0 Å². The standard InChI is InChI=1S/C11H15BrF3NO2/c1-10(2)4-3-5-16(8(10)7(17)6-12)9(18)11(13,14)15/h8H,3-6H2,1-2H3. The van der Waals surface area contributed by atoms with Gasteiger partial charge in [0, 0.05) is 6.54 Å². The molecule has 1 aliphatic rings. The number of hydrogen-bond donors (Lipinski definition) is 0. The van der Waals surface area contributed by atoms with Crippen molar-refractivity contribution in [1.29, 1.82) is 0 Å². The Hall–Kier alpha value is -0.590. The lowest BCUT2D eigenvalue weighted by molar-refractivity contribution is -0.192. The molecule has 1 aliphatic heterocycles. The predicted molar refractivity (Wildman–Crippen MR) is 63.4 cm³/mol. The van der Waals surface area contributed by atoms with Gasteiger partial charge in [-0.2, -0.15) is 13.2 Å². The van der Waals surface area contributed by atoms with Crippen molar-refractivity contribution in [2.75, 3.05) is 11.9 Å². The van der Waals surface area contributed by atoms with Gasteiger partial charge < -0.3 is 4.90 Å². The Morgan fingerprint density at radius 3 is 2.39 bits per heavy atom. The van der Waals surface area contributed by atoms with Gasteiger partial charge in [-0.3, -0.25) is 9.59 Å². The van der Waals surface area contributed by atoms with Crippen LogP contribution in [0.2, 0.25) is 0 Å². The highest BCUT2D eigenvalue weighted by atomic mass is 79.9. The van der Waals surface area contributed by atoms with Crippen LogP contribution in [0.5, 0.6) is 0 Å². The summed E-state index contributed by atoms with van der Waals surface area (Å²) in [6.07, 6.45) is -3.84. The fourth-order valence-corrected chi connectivity index (χ4v) is 2.76. The summed E-state index contributed by atoms with van der Waals surface area (Å²) in [6, 6.07) is -1.01. The van der Waals surface area contributed by atoms with Crippen molar-refractivity contribution in [2.45, 2.75) is 38.9 Å². The van der Waals surface area contributed by atoms with E-state index in [1.54, 1.807) is 13.8 Å². The zero-order valence-corrected chi connectivity index (χ0v) is 11.8. The van der Waals surface area contributed by atoms with Crippen molar-refractivity contribution in [2.24, 2.45) is 5.41 Å². The highest BCUT2D eigenvalue weighted by Crippen LogP contribution is 2.37. The maximum Gasteiger partial charge on any atom is 0.471 e. The van der Waals surface area contributed by atoms with Gasteiger partial charge in [0.05, 0.1) is 11.4 Å². The zero-order chi connectivity index (χ0) is 14.1. The molecule has 0 radical (unpaired) electrons. The number of alkyl halides is 4. The minimum atomic E-state index is -4.93. The van der Waals surface area contributed by atoms with E-state index < -0.39 is 29.3 Å². The summed E-state index contributed by atoms with van der Waals surface area (Å²) in [5.41, 5.74) is -0.635. The van der Waals surface area contributed by atoms with Gasteiger partial charge >= 0.3 is 12.1 Å². The summed E-state index contributed by atoms with van der Waals surface area (Å²) in [6.45, 7) is 3.41. The summed E-state index contributed by atoms with van der Waals surface area (Å²) in [4.78, 5) is 23.9. The van der Waals surface area contributed by atoms with E-state index in [9.17, 15) is 22.8 Å². The molecule has 1 heterocycles. The summed E-state index contributed by atoms with van der Waals surface area (Å²) in [7, 11) is 0. The van der Waals surface area contributed by atoms with Crippen LogP contribution >= 0.6 is 15.9 Å². The number of amides is 1. The van der Waals surface area contributed by atoms with Crippen LogP contribution < -0.4 is 0 Å². The first-order valence-electron chi connectivity index (χ1n) is 5.57. The molecule has 1 rings (SSSR count). The molecule has 0 bridgehead atoms. The molecule has 0 N–H and O–H groups in total. The van der Waals surface area contributed by atoms with E-state index in [1.165, 1.54) is 0 Å². The maximum absolute atomic E-state index is 12.5. The third kappa shape index (κ3) is 3.05. The average molecular weight is 330 g/mol. The second-order valence-electron chi connectivity index (χ2n) is 5.09. The third-order valence-corrected chi connectivity index (χ3v) is 3.76. The fourth-order valence-electron chi connectivity index (χ4n) is 2.46. The molecule has 3 nitrogen and oxygen atoms in total. The molecule has 18 heavy (non-hydrogen) atoms. The predicted octanol–water partition coefficient (Wildman–Crippen LogP) is 2.53. The number of piperidine rings is 1. The van der Waals surface area contributed by atoms with Crippen molar-refractivity contribution in [3.05, 3.63) is 0 Å². The SMILES string of the molecule is CC1(C)CCCN(C(=O)C(F)(F)F)C1C(=O)CBr. The van der Waals surface area contributed by atoms with Gasteiger partial charge in [0.1, 0.15) is 0 Å². The van der Waals surface area contributed by atoms with E-state index in [4.69, 9.17) is 0 Å². The van der Waals surface area contributed by atoms with Gasteiger partial charge in [-0.1, -0.05) is 29.8 Å². The molecule has 104 valence electrons. The highest BCUT2D eigenvalue weighted by molar-refractivity contribution is 9.09. The van der Waals surface area contributed by atoms with Crippen LogP contribution in [0.15, 0.2) is 0 Å². The number of carbonyl (C=O) groups excluding carboxylic acids is 2. The topological polar surface area (TPSA) is 37.4 Å². The molecule has 0 spiro atoms. The number of rotatable bonds is 2. The van der Waals surface area contributed by atoms with Gasteiger partial charge in [-0.05, 0) is 18.3 Å². The largest absolute Gasteiger partial charge is 0.471 e.